The Morgan fingerprint density at radius 1 is 0.554 bits per heavy atom. The zero-order valence-electron chi connectivity index (χ0n) is 31.6. The largest absolute Gasteiger partial charge is 0.333 e. The highest BCUT2D eigenvalue weighted by atomic mass is 15.2. The first-order chi connectivity index (χ1) is 27.5. The average molecular weight is 717 g/mol. The van der Waals surface area contributed by atoms with E-state index in [4.69, 9.17) is 0 Å². The van der Waals surface area contributed by atoms with E-state index in [1.54, 1.807) is 0 Å². The summed E-state index contributed by atoms with van der Waals surface area (Å²) in [5.41, 5.74) is 21.1. The Bertz CT molecular complexity index is 2950. The number of hydrogen-bond acceptors (Lipinski definition) is 2. The third kappa shape index (κ3) is 4.44. The molecule has 0 saturated heterocycles. The van der Waals surface area contributed by atoms with E-state index >= 15 is 0 Å². The summed E-state index contributed by atoms with van der Waals surface area (Å²) in [5.74, 6) is 0.172. The molecule has 1 aliphatic heterocycles. The van der Waals surface area contributed by atoms with Gasteiger partial charge < -0.3 is 9.80 Å². The molecule has 3 aliphatic carbocycles. The predicted octanol–water partition coefficient (Wildman–Crippen LogP) is 13.9. The van der Waals surface area contributed by atoms with Crippen LogP contribution >= 0.6 is 0 Å². The highest BCUT2D eigenvalue weighted by Gasteiger charge is 2.43. The second-order valence-corrected chi connectivity index (χ2v) is 16.5. The van der Waals surface area contributed by atoms with Gasteiger partial charge in [0.25, 0.3) is 0 Å². The van der Waals surface area contributed by atoms with Gasteiger partial charge in [-0.3, -0.25) is 0 Å². The Kier molecular flexibility index (Phi) is 6.61. The van der Waals surface area contributed by atoms with Gasteiger partial charge in [0.1, 0.15) is 0 Å². The molecule has 0 amide bonds. The monoisotopic (exact) mass is 716 g/mol. The predicted molar refractivity (Wildman–Crippen MR) is 234 cm³/mol. The maximum absolute atomic E-state index is 2.57. The van der Waals surface area contributed by atoms with E-state index in [0.717, 1.165) is 6.42 Å². The molecule has 2 atom stereocenters. The maximum atomic E-state index is 2.57. The second kappa shape index (κ2) is 11.7. The molecule has 2 unspecified atom stereocenters. The SMILES string of the molecule is CC1(C)c2ccccc2-c2ccc(N(c3ccc4c(c3)C3c5cc6c(cc5C=CC3N4c3ccccc3)Cc3ccccc3-6)c3cccc4ccccc34)cc21. The van der Waals surface area contributed by atoms with Gasteiger partial charge in [0.05, 0.1) is 11.7 Å². The number of fused-ring (bicyclic) bond motifs is 12. The summed E-state index contributed by atoms with van der Waals surface area (Å²) in [5, 5.41) is 2.48. The Morgan fingerprint density at radius 3 is 2.20 bits per heavy atom. The number of anilines is 5. The van der Waals surface area contributed by atoms with Crippen molar-refractivity contribution >= 4 is 45.3 Å². The highest BCUT2D eigenvalue weighted by Crippen LogP contribution is 2.56. The van der Waals surface area contributed by atoms with Crippen molar-refractivity contribution in [1.29, 1.82) is 0 Å². The highest BCUT2D eigenvalue weighted by molar-refractivity contribution is 6.00. The normalized spacial score (nSPS) is 17.4. The molecule has 56 heavy (non-hydrogen) atoms. The Morgan fingerprint density at radius 2 is 1.29 bits per heavy atom. The number of benzene rings is 8. The number of para-hydroxylation sites is 1. The zero-order chi connectivity index (χ0) is 37.1. The van der Waals surface area contributed by atoms with Crippen molar-refractivity contribution in [3.8, 4) is 22.3 Å². The smallest absolute Gasteiger partial charge is 0.0635 e. The molecule has 2 nitrogen and oxygen atoms in total. The summed E-state index contributed by atoms with van der Waals surface area (Å²) in [7, 11) is 0. The minimum atomic E-state index is -0.106. The molecule has 0 spiro atoms. The summed E-state index contributed by atoms with van der Waals surface area (Å²) in [6.07, 6.45) is 5.84. The lowest BCUT2D eigenvalue weighted by Gasteiger charge is -2.32. The van der Waals surface area contributed by atoms with E-state index in [1.165, 1.54) is 100 Å². The first kappa shape index (κ1) is 31.7. The van der Waals surface area contributed by atoms with Crippen LogP contribution in [0.15, 0.2) is 176 Å². The van der Waals surface area contributed by atoms with E-state index in [9.17, 15) is 0 Å². The van der Waals surface area contributed by atoms with Crippen LogP contribution in [0.1, 0.15) is 58.7 Å². The van der Waals surface area contributed by atoms with Gasteiger partial charge in [-0.15, -0.1) is 0 Å². The second-order valence-electron chi connectivity index (χ2n) is 16.5. The van der Waals surface area contributed by atoms with Crippen molar-refractivity contribution in [3.63, 3.8) is 0 Å². The van der Waals surface area contributed by atoms with Gasteiger partial charge in [0.2, 0.25) is 0 Å². The van der Waals surface area contributed by atoms with E-state index in [-0.39, 0.29) is 17.4 Å². The van der Waals surface area contributed by atoms with Gasteiger partial charge in [-0.1, -0.05) is 141 Å². The standard InChI is InChI=1S/C54H40N2/c1-54(2)48-21-11-10-20-43(48)44-26-24-40(32-49(44)54)55(50-22-12-15-34-13-6-9-19-42(34)50)39-25-28-51-47(31-39)53-46-33-45-37(29-35-14-7-8-18-41(35)45)30-36(46)23-27-52(53)56(51)38-16-4-3-5-17-38/h3-28,30-33,52-53H,29H2,1-2H3. The molecule has 0 radical (unpaired) electrons. The Hall–Kier alpha value is -6.64. The molecule has 266 valence electrons. The van der Waals surface area contributed by atoms with Crippen molar-refractivity contribution < 1.29 is 0 Å². The quantitative estimate of drug-likeness (QED) is 0.179. The van der Waals surface area contributed by atoms with Crippen LogP contribution in [0.4, 0.5) is 28.4 Å². The van der Waals surface area contributed by atoms with E-state index in [0.29, 0.717) is 0 Å². The molecular formula is C54H40N2. The molecule has 0 saturated carbocycles. The third-order valence-corrected chi connectivity index (χ3v) is 13.2. The molecule has 0 aromatic heterocycles. The van der Waals surface area contributed by atoms with Crippen LogP contribution in [-0.2, 0) is 11.8 Å². The first-order valence-corrected chi connectivity index (χ1v) is 20.0. The fraction of sp³-hybridized carbons (Fsp3) is 0.111. The molecule has 0 N–H and O–H groups in total. The fourth-order valence-corrected chi connectivity index (χ4v) is 10.6. The number of hydrogen-bond donors (Lipinski definition) is 0. The fourth-order valence-electron chi connectivity index (χ4n) is 10.6. The first-order valence-electron chi connectivity index (χ1n) is 20.0. The van der Waals surface area contributed by atoms with E-state index < -0.39 is 0 Å². The van der Waals surface area contributed by atoms with Gasteiger partial charge in [-0.2, -0.15) is 0 Å². The maximum Gasteiger partial charge on any atom is 0.0635 e. The van der Waals surface area contributed by atoms with Crippen LogP contribution in [0, 0.1) is 0 Å². The zero-order valence-corrected chi connectivity index (χ0v) is 31.6. The van der Waals surface area contributed by atoms with Crippen molar-refractivity contribution in [3.05, 3.63) is 215 Å². The molecule has 4 aliphatic rings. The lowest BCUT2D eigenvalue weighted by atomic mass is 9.79. The number of rotatable bonds is 4. The van der Waals surface area contributed by atoms with Gasteiger partial charge >= 0.3 is 0 Å². The average Bonchev–Trinajstić information content (AvgIpc) is 3.85. The lowest BCUT2D eigenvalue weighted by Crippen LogP contribution is -2.30. The van der Waals surface area contributed by atoms with Crippen LogP contribution in [0.5, 0.6) is 0 Å². The number of nitrogens with zero attached hydrogens (tertiary/aromatic N) is 2. The van der Waals surface area contributed by atoms with Gasteiger partial charge in [0, 0.05) is 39.5 Å². The summed E-state index contributed by atoms with van der Waals surface area (Å²) in [4.78, 5) is 5.09. The minimum absolute atomic E-state index is 0.106. The van der Waals surface area contributed by atoms with Crippen molar-refractivity contribution in [2.45, 2.75) is 37.6 Å². The molecule has 1 heterocycles. The van der Waals surface area contributed by atoms with Crippen LogP contribution in [0.3, 0.4) is 0 Å². The van der Waals surface area contributed by atoms with Gasteiger partial charge in [-0.05, 0) is 128 Å². The van der Waals surface area contributed by atoms with Gasteiger partial charge in [0.15, 0.2) is 0 Å². The Balaban J connectivity index is 1.08. The topological polar surface area (TPSA) is 6.48 Å². The third-order valence-electron chi connectivity index (χ3n) is 13.2. The van der Waals surface area contributed by atoms with E-state index in [1.807, 2.05) is 0 Å². The Labute approximate surface area is 328 Å². The van der Waals surface area contributed by atoms with Gasteiger partial charge in [-0.25, -0.2) is 0 Å². The summed E-state index contributed by atoms with van der Waals surface area (Å²) in [6, 6.07) is 64.0. The molecular weight excluding hydrogens is 677 g/mol. The molecule has 0 fully saturated rings. The van der Waals surface area contributed by atoms with E-state index in [2.05, 4.69) is 206 Å². The minimum Gasteiger partial charge on any atom is -0.333 e. The van der Waals surface area contributed by atoms with Crippen LogP contribution in [0.25, 0.3) is 39.1 Å². The summed E-state index contributed by atoms with van der Waals surface area (Å²) in [6.45, 7) is 4.75. The van der Waals surface area contributed by atoms with Crippen molar-refractivity contribution in [2.24, 2.45) is 0 Å². The van der Waals surface area contributed by atoms with Crippen LogP contribution < -0.4 is 9.80 Å². The van der Waals surface area contributed by atoms with Crippen molar-refractivity contribution in [1.82, 2.24) is 0 Å². The lowest BCUT2D eigenvalue weighted by molar-refractivity contribution is 0.660. The van der Waals surface area contributed by atoms with Crippen LogP contribution in [0.2, 0.25) is 0 Å². The van der Waals surface area contributed by atoms with Crippen molar-refractivity contribution in [2.75, 3.05) is 9.80 Å². The summed E-state index contributed by atoms with van der Waals surface area (Å²) < 4.78 is 0. The molecule has 8 aromatic carbocycles. The molecule has 2 heteroatoms. The molecule has 12 rings (SSSR count). The molecule has 0 bridgehead atoms. The summed E-state index contributed by atoms with van der Waals surface area (Å²) >= 11 is 0. The molecule has 8 aromatic rings. The van der Waals surface area contributed by atoms with Crippen LogP contribution in [-0.4, -0.2) is 6.04 Å².